The molecule has 0 aromatic heterocycles. The molecule has 0 bridgehead atoms. The van der Waals surface area contributed by atoms with E-state index in [2.05, 4.69) is 0 Å². The molecule has 3 aromatic rings. The molecule has 2 unspecified atom stereocenters. The Bertz CT molecular complexity index is 1550. The van der Waals surface area contributed by atoms with Crippen LogP contribution in [0.1, 0.15) is 23.1 Å². The smallest absolute Gasteiger partial charge is 0.336 e. The summed E-state index contributed by atoms with van der Waals surface area (Å²) in [5, 5.41) is 0. The van der Waals surface area contributed by atoms with Gasteiger partial charge in [-0.25, -0.2) is 27.2 Å². The minimum Gasteiger partial charge on any atom is -0.491 e. The third-order valence-corrected chi connectivity index (χ3v) is 6.06. The summed E-state index contributed by atoms with van der Waals surface area (Å²) in [7, 11) is 0. The largest absolute Gasteiger partial charge is 0.491 e. The van der Waals surface area contributed by atoms with Crippen LogP contribution in [0.25, 0.3) is 12.2 Å². The van der Waals surface area contributed by atoms with Crippen LogP contribution in [0.15, 0.2) is 66.7 Å². The third-order valence-electron chi connectivity index (χ3n) is 6.06. The first-order chi connectivity index (χ1) is 20.7. The van der Waals surface area contributed by atoms with Crippen molar-refractivity contribution in [2.45, 2.75) is 18.6 Å². The minimum atomic E-state index is -3.09. The minimum absolute atomic E-state index is 0.00180. The zero-order chi connectivity index (χ0) is 30.3. The van der Waals surface area contributed by atoms with Crippen LogP contribution in [-0.4, -0.2) is 50.6 Å². The summed E-state index contributed by atoms with van der Waals surface area (Å²) in [6.45, 7) is 1.79. The maximum absolute atomic E-state index is 14.3. The molecule has 2 aliphatic heterocycles. The molecule has 2 saturated heterocycles. The molecule has 0 spiro atoms. The number of ether oxygens (including phenoxy) is 6. The Kier molecular flexibility index (Phi) is 9.38. The second kappa shape index (κ2) is 13.5. The van der Waals surface area contributed by atoms with E-state index in [1.54, 1.807) is 0 Å². The number of epoxide rings is 2. The van der Waals surface area contributed by atoms with Crippen LogP contribution >= 0.6 is 0 Å². The number of esters is 2. The molecule has 2 heterocycles. The zero-order valence-corrected chi connectivity index (χ0v) is 22.3. The first-order valence-corrected chi connectivity index (χ1v) is 13.0. The predicted molar refractivity (Wildman–Crippen MR) is 144 cm³/mol. The quantitative estimate of drug-likeness (QED) is 0.0812. The molecule has 224 valence electrons. The third kappa shape index (κ3) is 8.90. The molecule has 0 aliphatic carbocycles. The van der Waals surface area contributed by atoms with Gasteiger partial charge in [0.15, 0.2) is 0 Å². The molecular weight excluding hydrogens is 576 g/mol. The van der Waals surface area contributed by atoms with Crippen LogP contribution in [0.4, 0.5) is 17.6 Å². The van der Waals surface area contributed by atoms with Crippen molar-refractivity contribution in [3.63, 3.8) is 0 Å². The fourth-order valence-corrected chi connectivity index (χ4v) is 3.63. The molecule has 12 heteroatoms. The highest BCUT2D eigenvalue weighted by atomic mass is 19.3. The van der Waals surface area contributed by atoms with Gasteiger partial charge in [-0.1, -0.05) is 0 Å². The van der Waals surface area contributed by atoms with Gasteiger partial charge in [-0.05, 0) is 54.6 Å². The van der Waals surface area contributed by atoms with Crippen LogP contribution in [-0.2, 0) is 19.1 Å². The molecule has 43 heavy (non-hydrogen) atoms. The van der Waals surface area contributed by atoms with Crippen LogP contribution < -0.4 is 18.9 Å². The summed E-state index contributed by atoms with van der Waals surface area (Å²) in [6, 6.07) is 11.1. The Hall–Kier alpha value is -4.68. The molecule has 0 N–H and O–H groups in total. The Morgan fingerprint density at radius 2 is 1.23 bits per heavy atom. The van der Waals surface area contributed by atoms with Crippen molar-refractivity contribution in [2.24, 2.45) is 0 Å². The lowest BCUT2D eigenvalue weighted by Crippen LogP contribution is -2.08. The Balaban J connectivity index is 1.16. The van der Waals surface area contributed by atoms with Crippen LogP contribution in [0, 0.1) is 11.6 Å². The monoisotopic (exact) mass is 600 g/mol. The van der Waals surface area contributed by atoms with E-state index in [1.807, 2.05) is 0 Å². The molecule has 2 atom stereocenters. The van der Waals surface area contributed by atoms with Crippen LogP contribution in [0.2, 0.25) is 0 Å². The molecule has 2 aliphatic rings. The highest BCUT2D eigenvalue weighted by molar-refractivity contribution is 5.90. The van der Waals surface area contributed by atoms with E-state index in [-0.39, 0.29) is 34.8 Å². The van der Waals surface area contributed by atoms with E-state index in [0.29, 0.717) is 32.2 Å². The van der Waals surface area contributed by atoms with Crippen molar-refractivity contribution in [2.75, 3.05) is 26.4 Å². The summed E-state index contributed by atoms with van der Waals surface area (Å²) in [6.07, 6.45) is 1.02. The average molecular weight is 601 g/mol. The molecule has 5 rings (SSSR count). The number of carbonyl (C=O) groups is 2. The van der Waals surface area contributed by atoms with Crippen molar-refractivity contribution in [3.05, 3.63) is 95.1 Å². The lowest BCUT2D eigenvalue weighted by Gasteiger charge is -2.10. The van der Waals surface area contributed by atoms with Crippen molar-refractivity contribution < 1.29 is 55.6 Å². The summed E-state index contributed by atoms with van der Waals surface area (Å²) in [5.74, 6) is -3.47. The van der Waals surface area contributed by atoms with E-state index < -0.39 is 41.3 Å². The van der Waals surface area contributed by atoms with Gasteiger partial charge in [0.1, 0.15) is 60.1 Å². The Morgan fingerprint density at radius 1 is 0.744 bits per heavy atom. The maximum atomic E-state index is 14.3. The van der Waals surface area contributed by atoms with Crippen molar-refractivity contribution in [3.8, 4) is 23.0 Å². The lowest BCUT2D eigenvalue weighted by molar-refractivity contribution is -0.130. The predicted octanol–water partition coefficient (Wildman–Crippen LogP) is 5.70. The standard InChI is InChI=1S/C31H24F4O8/c32-26-12-20(38-14-23-16-40-23)5-1-18(26)3-9-29(36)42-22-7-8-28(25(11-22)31(34)35)43-30(37)10-4-19-2-6-21(13-27(19)33)39-15-24-17-41-24/h1-13,23-24,31H,14-17H2/b9-3-,10-4-. The second-order valence-electron chi connectivity index (χ2n) is 9.41. The Labute approximate surface area is 243 Å². The van der Waals surface area contributed by atoms with Gasteiger partial charge >= 0.3 is 11.9 Å². The van der Waals surface area contributed by atoms with Gasteiger partial charge in [0.2, 0.25) is 0 Å². The maximum Gasteiger partial charge on any atom is 0.336 e. The van der Waals surface area contributed by atoms with Crippen LogP contribution in [0.3, 0.4) is 0 Å². The topological polar surface area (TPSA) is 96.1 Å². The molecule has 3 aromatic carbocycles. The van der Waals surface area contributed by atoms with Crippen molar-refractivity contribution >= 4 is 24.1 Å². The molecule has 0 radical (unpaired) electrons. The fourth-order valence-electron chi connectivity index (χ4n) is 3.63. The number of hydrogen-bond acceptors (Lipinski definition) is 8. The van der Waals surface area contributed by atoms with Gasteiger partial charge in [-0.2, -0.15) is 0 Å². The molecule has 0 amide bonds. The normalized spacial score (nSPS) is 17.3. The molecule has 8 nitrogen and oxygen atoms in total. The molecule has 0 saturated carbocycles. The van der Waals surface area contributed by atoms with Crippen LogP contribution in [0.5, 0.6) is 23.0 Å². The van der Waals surface area contributed by atoms with Gasteiger partial charge in [-0.3, -0.25) is 0 Å². The average Bonchev–Trinajstić information content (AvgIpc) is 3.90. The number of halogens is 4. The summed E-state index contributed by atoms with van der Waals surface area (Å²) in [5.41, 5.74) is -0.603. The van der Waals surface area contributed by atoms with Gasteiger partial charge in [0.25, 0.3) is 6.43 Å². The Morgan fingerprint density at radius 3 is 1.70 bits per heavy atom. The van der Waals surface area contributed by atoms with E-state index in [9.17, 15) is 27.2 Å². The molecule has 2 fully saturated rings. The SMILES string of the molecule is O=C(/C=C\c1ccc(OCC2CO2)cc1F)Oc1ccc(OC(=O)/C=C\c2ccc(OCC3CO3)cc2F)c(C(F)F)c1. The number of rotatable bonds is 13. The number of alkyl halides is 2. The second-order valence-corrected chi connectivity index (χ2v) is 9.41. The number of benzene rings is 3. The summed E-state index contributed by atoms with van der Waals surface area (Å²) >= 11 is 0. The van der Waals surface area contributed by atoms with E-state index >= 15 is 0 Å². The highest BCUT2D eigenvalue weighted by Gasteiger charge is 2.24. The summed E-state index contributed by atoms with van der Waals surface area (Å²) < 4.78 is 87.0. The van der Waals surface area contributed by atoms with Crippen molar-refractivity contribution in [1.82, 2.24) is 0 Å². The van der Waals surface area contributed by atoms with Gasteiger partial charge in [0, 0.05) is 35.4 Å². The number of carbonyl (C=O) groups excluding carboxylic acids is 2. The van der Waals surface area contributed by atoms with Gasteiger partial charge < -0.3 is 28.4 Å². The fraction of sp³-hybridized carbons (Fsp3) is 0.226. The lowest BCUT2D eigenvalue weighted by atomic mass is 10.2. The summed E-state index contributed by atoms with van der Waals surface area (Å²) in [4.78, 5) is 24.5. The first-order valence-electron chi connectivity index (χ1n) is 13.0. The van der Waals surface area contributed by atoms with E-state index in [4.69, 9.17) is 28.4 Å². The number of hydrogen-bond donors (Lipinski definition) is 0. The van der Waals surface area contributed by atoms with Crippen molar-refractivity contribution in [1.29, 1.82) is 0 Å². The molecular formula is C31H24F4O8. The first kappa shape index (κ1) is 29.8. The zero-order valence-electron chi connectivity index (χ0n) is 22.3. The van der Waals surface area contributed by atoms with Gasteiger partial charge in [-0.15, -0.1) is 0 Å². The van der Waals surface area contributed by atoms with Gasteiger partial charge in [0.05, 0.1) is 18.8 Å². The van der Waals surface area contributed by atoms with E-state index in [1.165, 1.54) is 24.3 Å². The van der Waals surface area contributed by atoms with E-state index in [0.717, 1.165) is 54.6 Å². The highest BCUT2D eigenvalue weighted by Crippen LogP contribution is 2.33.